The Labute approximate surface area is 85.2 Å². The van der Waals surface area contributed by atoms with Crippen LogP contribution in [0.1, 0.15) is 45.5 Å². The van der Waals surface area contributed by atoms with Crippen molar-refractivity contribution in [3.05, 3.63) is 24.3 Å². The fourth-order valence-corrected chi connectivity index (χ4v) is 1.18. The molecule has 0 aliphatic carbocycles. The molecule has 0 radical (unpaired) electrons. The van der Waals surface area contributed by atoms with Crippen molar-refractivity contribution in [1.29, 1.82) is 0 Å². The normalized spacial score (nSPS) is 14.0. The molecule has 0 saturated heterocycles. The topological polar surface area (TPSA) is 46.0 Å². The second kappa shape index (κ2) is 4.51. The van der Waals surface area contributed by atoms with Gasteiger partial charge in [0.1, 0.15) is 6.10 Å². The number of nitrogens with zero attached hydrogens (tertiary/aromatic N) is 2. The number of hydrogen-bond donors (Lipinski definition) is 1. The molecule has 1 aromatic rings. The highest BCUT2D eigenvalue weighted by molar-refractivity contribution is 4.92. The molecule has 3 heteroatoms. The Morgan fingerprint density at radius 2 is 1.86 bits per heavy atom. The summed E-state index contributed by atoms with van der Waals surface area (Å²) in [6.07, 6.45) is 4.46. The molecule has 1 atom stereocenters. The van der Waals surface area contributed by atoms with Gasteiger partial charge in [0.05, 0.1) is 0 Å². The molecule has 0 spiro atoms. The van der Waals surface area contributed by atoms with Crippen LogP contribution in [0.25, 0.3) is 0 Å². The third kappa shape index (κ3) is 3.83. The maximum Gasteiger partial charge on any atom is 0.156 e. The maximum absolute atomic E-state index is 9.76. The summed E-state index contributed by atoms with van der Waals surface area (Å²) in [6.45, 7) is 6.47. The van der Waals surface area contributed by atoms with Gasteiger partial charge in [-0.15, -0.1) is 0 Å². The quantitative estimate of drug-likeness (QED) is 0.803. The van der Waals surface area contributed by atoms with Gasteiger partial charge in [-0.2, -0.15) is 0 Å². The fraction of sp³-hybridized carbons (Fsp3) is 0.636. The van der Waals surface area contributed by atoms with E-state index in [0.717, 1.165) is 6.42 Å². The van der Waals surface area contributed by atoms with E-state index in [1.807, 2.05) is 0 Å². The van der Waals surface area contributed by atoms with Crippen LogP contribution in [-0.2, 0) is 0 Å². The first kappa shape index (κ1) is 11.1. The molecule has 0 aliphatic heterocycles. The standard InChI is InChI=1S/C11H18N2O/c1-11(2,3)6-5-9(14)10-12-7-4-8-13-10/h4,7-9,14H,5-6H2,1-3H3. The van der Waals surface area contributed by atoms with Crippen LogP contribution < -0.4 is 0 Å². The molecule has 0 bridgehead atoms. The molecular formula is C11H18N2O. The summed E-state index contributed by atoms with van der Waals surface area (Å²) >= 11 is 0. The summed E-state index contributed by atoms with van der Waals surface area (Å²) in [5.41, 5.74) is 0.246. The Morgan fingerprint density at radius 3 is 2.36 bits per heavy atom. The molecule has 1 aromatic heterocycles. The molecule has 14 heavy (non-hydrogen) atoms. The zero-order valence-corrected chi connectivity index (χ0v) is 9.07. The first-order valence-corrected chi connectivity index (χ1v) is 4.94. The molecule has 3 nitrogen and oxygen atoms in total. The van der Waals surface area contributed by atoms with Crippen LogP contribution in [0.4, 0.5) is 0 Å². The summed E-state index contributed by atoms with van der Waals surface area (Å²) in [5, 5.41) is 9.76. The zero-order valence-electron chi connectivity index (χ0n) is 9.07. The molecule has 1 rings (SSSR count). The summed E-state index contributed by atoms with van der Waals surface area (Å²) < 4.78 is 0. The highest BCUT2D eigenvalue weighted by atomic mass is 16.3. The molecule has 78 valence electrons. The number of aromatic nitrogens is 2. The Balaban J connectivity index is 2.48. The molecule has 1 heterocycles. The van der Waals surface area contributed by atoms with Gasteiger partial charge in [0.25, 0.3) is 0 Å². The van der Waals surface area contributed by atoms with Crippen LogP contribution in [0.5, 0.6) is 0 Å². The SMILES string of the molecule is CC(C)(C)CCC(O)c1ncccn1. The van der Waals surface area contributed by atoms with Crippen molar-refractivity contribution in [1.82, 2.24) is 9.97 Å². The predicted molar refractivity (Wildman–Crippen MR) is 55.7 cm³/mol. The van der Waals surface area contributed by atoms with Crippen molar-refractivity contribution in [2.45, 2.75) is 39.7 Å². The van der Waals surface area contributed by atoms with Gasteiger partial charge in [0.15, 0.2) is 5.82 Å². The number of hydrogen-bond acceptors (Lipinski definition) is 3. The Kier molecular flexibility index (Phi) is 3.58. The van der Waals surface area contributed by atoms with Crippen LogP contribution in [0.3, 0.4) is 0 Å². The molecule has 0 aliphatic rings. The van der Waals surface area contributed by atoms with E-state index in [-0.39, 0.29) is 5.41 Å². The van der Waals surface area contributed by atoms with Gasteiger partial charge in [0.2, 0.25) is 0 Å². The smallest absolute Gasteiger partial charge is 0.156 e. The maximum atomic E-state index is 9.76. The van der Waals surface area contributed by atoms with Gasteiger partial charge in [-0.3, -0.25) is 0 Å². The Bertz CT molecular complexity index is 266. The lowest BCUT2D eigenvalue weighted by molar-refractivity contribution is 0.139. The Morgan fingerprint density at radius 1 is 1.29 bits per heavy atom. The second-order valence-electron chi connectivity index (χ2n) is 4.72. The van der Waals surface area contributed by atoms with E-state index in [1.54, 1.807) is 18.5 Å². The third-order valence-electron chi connectivity index (χ3n) is 2.05. The molecule has 1 N–H and O–H groups in total. The van der Waals surface area contributed by atoms with Gasteiger partial charge in [0, 0.05) is 12.4 Å². The average molecular weight is 194 g/mol. The van der Waals surface area contributed by atoms with Gasteiger partial charge < -0.3 is 5.11 Å². The molecule has 0 aromatic carbocycles. The van der Waals surface area contributed by atoms with E-state index < -0.39 is 6.10 Å². The van der Waals surface area contributed by atoms with E-state index in [1.165, 1.54) is 0 Å². The van der Waals surface area contributed by atoms with Crippen LogP contribution in [0.2, 0.25) is 0 Å². The molecule has 0 amide bonds. The lowest BCUT2D eigenvalue weighted by Gasteiger charge is -2.19. The van der Waals surface area contributed by atoms with Crippen molar-refractivity contribution in [2.75, 3.05) is 0 Å². The van der Waals surface area contributed by atoms with Crippen LogP contribution in [0, 0.1) is 5.41 Å². The van der Waals surface area contributed by atoms with Crippen LogP contribution in [-0.4, -0.2) is 15.1 Å². The van der Waals surface area contributed by atoms with E-state index >= 15 is 0 Å². The monoisotopic (exact) mass is 194 g/mol. The second-order valence-corrected chi connectivity index (χ2v) is 4.72. The molecule has 0 saturated carbocycles. The van der Waals surface area contributed by atoms with Gasteiger partial charge >= 0.3 is 0 Å². The number of aliphatic hydroxyl groups excluding tert-OH is 1. The first-order chi connectivity index (χ1) is 6.49. The average Bonchev–Trinajstić information content (AvgIpc) is 2.14. The highest BCUT2D eigenvalue weighted by Gasteiger charge is 2.15. The van der Waals surface area contributed by atoms with Crippen LogP contribution >= 0.6 is 0 Å². The van der Waals surface area contributed by atoms with Crippen molar-refractivity contribution in [2.24, 2.45) is 5.41 Å². The largest absolute Gasteiger partial charge is 0.385 e. The van der Waals surface area contributed by atoms with E-state index in [4.69, 9.17) is 0 Å². The van der Waals surface area contributed by atoms with Gasteiger partial charge in [-0.1, -0.05) is 20.8 Å². The summed E-state index contributed by atoms with van der Waals surface area (Å²) in [6, 6.07) is 1.75. The molecule has 1 unspecified atom stereocenters. The minimum absolute atomic E-state index is 0.246. The van der Waals surface area contributed by atoms with Gasteiger partial charge in [-0.25, -0.2) is 9.97 Å². The van der Waals surface area contributed by atoms with Crippen molar-refractivity contribution in [3.63, 3.8) is 0 Å². The lowest BCUT2D eigenvalue weighted by atomic mass is 9.89. The summed E-state index contributed by atoms with van der Waals surface area (Å²) in [4.78, 5) is 8.04. The van der Waals surface area contributed by atoms with E-state index in [2.05, 4.69) is 30.7 Å². The lowest BCUT2D eigenvalue weighted by Crippen LogP contribution is -2.09. The van der Waals surface area contributed by atoms with Gasteiger partial charge in [-0.05, 0) is 24.3 Å². The van der Waals surface area contributed by atoms with Crippen LogP contribution in [0.15, 0.2) is 18.5 Å². The van der Waals surface area contributed by atoms with Crippen molar-refractivity contribution >= 4 is 0 Å². The molecule has 0 fully saturated rings. The molecular weight excluding hydrogens is 176 g/mol. The van der Waals surface area contributed by atoms with E-state index in [9.17, 15) is 5.11 Å². The third-order valence-corrected chi connectivity index (χ3v) is 2.05. The zero-order chi connectivity index (χ0) is 10.6. The van der Waals surface area contributed by atoms with Crippen molar-refractivity contribution < 1.29 is 5.11 Å². The highest BCUT2D eigenvalue weighted by Crippen LogP contribution is 2.25. The van der Waals surface area contributed by atoms with Crippen molar-refractivity contribution in [3.8, 4) is 0 Å². The first-order valence-electron chi connectivity index (χ1n) is 4.94. The summed E-state index contributed by atoms with van der Waals surface area (Å²) in [5.74, 6) is 0.525. The predicted octanol–water partition coefficient (Wildman–Crippen LogP) is 2.34. The van der Waals surface area contributed by atoms with E-state index in [0.29, 0.717) is 12.2 Å². The minimum atomic E-state index is -0.532. The summed E-state index contributed by atoms with van der Waals surface area (Å²) in [7, 11) is 0. The minimum Gasteiger partial charge on any atom is -0.385 e. The number of aliphatic hydroxyl groups is 1. The number of rotatable bonds is 3. The Hall–Kier alpha value is -0.960. The fourth-order valence-electron chi connectivity index (χ4n) is 1.18.